The predicted molar refractivity (Wildman–Crippen MR) is 113 cm³/mol. The Labute approximate surface area is 167 Å². The number of anilines is 1. The van der Waals surface area contributed by atoms with Crippen molar-refractivity contribution >= 4 is 11.8 Å². The molecule has 3 rings (SSSR count). The Morgan fingerprint density at radius 1 is 1.25 bits per heavy atom. The molecule has 2 aromatic heterocycles. The zero-order chi connectivity index (χ0) is 19.6. The number of guanidine groups is 1. The zero-order valence-electron chi connectivity index (χ0n) is 16.8. The summed E-state index contributed by atoms with van der Waals surface area (Å²) in [4.78, 5) is 15.6. The van der Waals surface area contributed by atoms with E-state index in [1.165, 1.54) is 5.56 Å². The normalized spacial score (nSPS) is 15.4. The summed E-state index contributed by atoms with van der Waals surface area (Å²) < 4.78 is 5.66. The van der Waals surface area contributed by atoms with Crippen LogP contribution in [0.15, 0.2) is 47.8 Å². The van der Waals surface area contributed by atoms with Crippen LogP contribution in [0.4, 0.5) is 5.82 Å². The first-order valence-electron chi connectivity index (χ1n) is 10.00. The van der Waals surface area contributed by atoms with E-state index < -0.39 is 0 Å². The van der Waals surface area contributed by atoms with Crippen molar-refractivity contribution in [1.82, 2.24) is 20.6 Å². The summed E-state index contributed by atoms with van der Waals surface area (Å²) in [5.41, 5.74) is 1.19. The number of aliphatic imine (C=N–C) groups is 1. The molecule has 0 aliphatic carbocycles. The van der Waals surface area contributed by atoms with Crippen LogP contribution < -0.4 is 20.3 Å². The summed E-state index contributed by atoms with van der Waals surface area (Å²) in [5, 5.41) is 6.88. The van der Waals surface area contributed by atoms with Crippen molar-refractivity contribution in [2.24, 2.45) is 4.99 Å². The fourth-order valence-electron chi connectivity index (χ4n) is 3.17. The molecule has 1 saturated heterocycles. The largest absolute Gasteiger partial charge is 0.490 e. The van der Waals surface area contributed by atoms with Crippen LogP contribution in [0.3, 0.4) is 0 Å². The number of rotatable bonds is 7. The Balaban J connectivity index is 1.44. The van der Waals surface area contributed by atoms with E-state index in [2.05, 4.69) is 56.5 Å². The lowest BCUT2D eigenvalue weighted by Crippen LogP contribution is -2.49. The maximum Gasteiger partial charge on any atom is 0.191 e. The molecule has 28 heavy (non-hydrogen) atoms. The van der Waals surface area contributed by atoms with Crippen LogP contribution in [-0.4, -0.2) is 54.8 Å². The SMILES string of the molecule is CCNC(=NCCOc1cccnc1)NC1CCN(c2ccc(C)cn2)CC1. The van der Waals surface area contributed by atoms with E-state index in [0.717, 1.165) is 50.0 Å². The number of nitrogens with one attached hydrogen (secondary N) is 2. The number of ether oxygens (including phenoxy) is 1. The number of aryl methyl sites for hydroxylation is 1. The maximum atomic E-state index is 5.66. The molecule has 2 N–H and O–H groups in total. The highest BCUT2D eigenvalue weighted by Gasteiger charge is 2.20. The summed E-state index contributed by atoms with van der Waals surface area (Å²) >= 11 is 0. The highest BCUT2D eigenvalue weighted by molar-refractivity contribution is 5.80. The maximum absolute atomic E-state index is 5.66. The van der Waals surface area contributed by atoms with Gasteiger partial charge in [-0.1, -0.05) is 6.07 Å². The fourth-order valence-corrected chi connectivity index (χ4v) is 3.17. The van der Waals surface area contributed by atoms with Crippen molar-refractivity contribution in [1.29, 1.82) is 0 Å². The zero-order valence-corrected chi connectivity index (χ0v) is 16.8. The average molecular weight is 383 g/mol. The quantitative estimate of drug-likeness (QED) is 0.435. The molecule has 3 heterocycles. The van der Waals surface area contributed by atoms with Gasteiger partial charge in [-0.05, 0) is 50.5 Å². The molecule has 0 saturated carbocycles. The first-order valence-corrected chi connectivity index (χ1v) is 10.00. The van der Waals surface area contributed by atoms with E-state index >= 15 is 0 Å². The van der Waals surface area contributed by atoms with Gasteiger partial charge in [0.05, 0.1) is 12.7 Å². The highest BCUT2D eigenvalue weighted by atomic mass is 16.5. The van der Waals surface area contributed by atoms with Crippen molar-refractivity contribution in [2.45, 2.75) is 32.7 Å². The molecule has 1 aliphatic heterocycles. The Morgan fingerprint density at radius 3 is 2.79 bits per heavy atom. The number of hydrogen-bond donors (Lipinski definition) is 2. The molecule has 0 amide bonds. The lowest BCUT2D eigenvalue weighted by Gasteiger charge is -2.33. The van der Waals surface area contributed by atoms with Crippen molar-refractivity contribution in [2.75, 3.05) is 37.7 Å². The third-order valence-corrected chi connectivity index (χ3v) is 4.66. The first-order chi connectivity index (χ1) is 13.7. The minimum atomic E-state index is 0.416. The van der Waals surface area contributed by atoms with Gasteiger partial charge in [-0.25, -0.2) is 9.98 Å². The molecular formula is C21H30N6O. The molecule has 150 valence electrons. The minimum absolute atomic E-state index is 0.416. The summed E-state index contributed by atoms with van der Waals surface area (Å²) in [6.07, 6.45) is 7.50. The van der Waals surface area contributed by atoms with Gasteiger partial charge >= 0.3 is 0 Å². The van der Waals surface area contributed by atoms with Crippen molar-refractivity contribution in [3.63, 3.8) is 0 Å². The van der Waals surface area contributed by atoms with Crippen molar-refractivity contribution in [3.05, 3.63) is 48.4 Å². The smallest absolute Gasteiger partial charge is 0.191 e. The number of pyridine rings is 2. The molecular weight excluding hydrogens is 352 g/mol. The van der Waals surface area contributed by atoms with E-state index in [1.54, 1.807) is 12.4 Å². The molecule has 7 nitrogen and oxygen atoms in total. The van der Waals surface area contributed by atoms with Gasteiger partial charge in [0.1, 0.15) is 18.2 Å². The second-order valence-corrected chi connectivity index (χ2v) is 6.90. The van der Waals surface area contributed by atoms with E-state index in [9.17, 15) is 0 Å². The van der Waals surface area contributed by atoms with E-state index in [-0.39, 0.29) is 0 Å². The Kier molecular flexibility index (Phi) is 7.46. The molecule has 0 aromatic carbocycles. The summed E-state index contributed by atoms with van der Waals surface area (Å²) in [5.74, 6) is 2.69. The number of hydrogen-bond acceptors (Lipinski definition) is 5. The molecule has 1 fully saturated rings. The molecule has 0 radical (unpaired) electrons. The second kappa shape index (κ2) is 10.5. The van der Waals surface area contributed by atoms with Crippen LogP contribution in [0.5, 0.6) is 5.75 Å². The lowest BCUT2D eigenvalue weighted by molar-refractivity contribution is 0.327. The summed E-state index contributed by atoms with van der Waals surface area (Å²) in [6, 6.07) is 8.41. The van der Waals surface area contributed by atoms with Gasteiger partial charge in [-0.15, -0.1) is 0 Å². The van der Waals surface area contributed by atoms with Gasteiger partial charge in [0, 0.05) is 38.1 Å². The van der Waals surface area contributed by atoms with Crippen LogP contribution in [0.25, 0.3) is 0 Å². The van der Waals surface area contributed by atoms with Gasteiger partial charge in [-0.2, -0.15) is 0 Å². The molecule has 1 aliphatic rings. The number of aromatic nitrogens is 2. The minimum Gasteiger partial charge on any atom is -0.490 e. The number of nitrogens with zero attached hydrogens (tertiary/aromatic N) is 4. The Morgan fingerprint density at radius 2 is 2.11 bits per heavy atom. The van der Waals surface area contributed by atoms with Gasteiger partial charge in [-0.3, -0.25) is 4.98 Å². The molecule has 0 unspecified atom stereocenters. The topological polar surface area (TPSA) is 74.7 Å². The van der Waals surface area contributed by atoms with Crippen LogP contribution in [-0.2, 0) is 0 Å². The molecule has 0 atom stereocenters. The fraction of sp³-hybridized carbons (Fsp3) is 0.476. The Hall–Kier alpha value is -2.83. The van der Waals surface area contributed by atoms with Crippen molar-refractivity contribution < 1.29 is 4.74 Å². The van der Waals surface area contributed by atoms with Crippen LogP contribution in [0.2, 0.25) is 0 Å². The van der Waals surface area contributed by atoms with Gasteiger partial charge in [0.15, 0.2) is 5.96 Å². The third kappa shape index (κ3) is 6.11. The first kappa shape index (κ1) is 19.9. The van der Waals surface area contributed by atoms with Crippen LogP contribution in [0.1, 0.15) is 25.3 Å². The Bertz CT molecular complexity index is 726. The molecule has 0 bridgehead atoms. The van der Waals surface area contributed by atoms with E-state index in [1.807, 2.05) is 18.3 Å². The summed E-state index contributed by atoms with van der Waals surface area (Å²) in [7, 11) is 0. The lowest BCUT2D eigenvalue weighted by atomic mass is 10.1. The van der Waals surface area contributed by atoms with Gasteiger partial charge in [0.2, 0.25) is 0 Å². The molecule has 2 aromatic rings. The average Bonchev–Trinajstić information content (AvgIpc) is 2.73. The van der Waals surface area contributed by atoms with E-state index in [4.69, 9.17) is 4.74 Å². The summed E-state index contributed by atoms with van der Waals surface area (Å²) in [6.45, 7) is 8.09. The predicted octanol–water partition coefficient (Wildman–Crippen LogP) is 2.39. The molecule has 7 heteroatoms. The van der Waals surface area contributed by atoms with Crippen LogP contribution >= 0.6 is 0 Å². The van der Waals surface area contributed by atoms with Gasteiger partial charge < -0.3 is 20.3 Å². The second-order valence-electron chi connectivity index (χ2n) is 6.90. The van der Waals surface area contributed by atoms with Crippen molar-refractivity contribution in [3.8, 4) is 5.75 Å². The van der Waals surface area contributed by atoms with Gasteiger partial charge in [0.25, 0.3) is 0 Å². The highest BCUT2D eigenvalue weighted by Crippen LogP contribution is 2.18. The number of piperidine rings is 1. The standard InChI is InChI=1S/C21H30N6O/c1-3-23-21(24-11-14-28-19-5-4-10-22-16-19)26-18-8-12-27(13-9-18)20-7-6-17(2)15-25-20/h4-7,10,15-16,18H,3,8-9,11-14H2,1-2H3,(H2,23,24,26). The third-order valence-electron chi connectivity index (χ3n) is 4.66. The van der Waals surface area contributed by atoms with Crippen LogP contribution in [0, 0.1) is 6.92 Å². The van der Waals surface area contributed by atoms with E-state index in [0.29, 0.717) is 19.2 Å². The monoisotopic (exact) mass is 382 g/mol. The molecule has 0 spiro atoms.